The van der Waals surface area contributed by atoms with Gasteiger partial charge < -0.3 is 14.6 Å². The third-order valence-corrected chi connectivity index (χ3v) is 4.20. The number of para-hydroxylation sites is 2. The van der Waals surface area contributed by atoms with Gasteiger partial charge in [0.15, 0.2) is 0 Å². The second-order valence-electron chi connectivity index (χ2n) is 5.73. The summed E-state index contributed by atoms with van der Waals surface area (Å²) >= 11 is 0. The van der Waals surface area contributed by atoms with Crippen molar-refractivity contribution in [1.82, 2.24) is 9.88 Å². The first kappa shape index (κ1) is 16.8. The number of aromatic amines is 1. The molecule has 0 bridgehead atoms. The molecular weight excluding hydrogens is 316 g/mol. The van der Waals surface area contributed by atoms with Crippen LogP contribution in [-0.2, 0) is 6.54 Å². The number of carbonyl (C=O) groups excluding carboxylic acids is 1. The predicted octanol–water partition coefficient (Wildman–Crippen LogP) is 3.20. The van der Waals surface area contributed by atoms with Gasteiger partial charge in [-0.25, -0.2) is 0 Å². The minimum Gasteiger partial charge on any atom is -0.496 e. The molecule has 0 aliphatic heterocycles. The quantitative estimate of drug-likeness (QED) is 0.778. The van der Waals surface area contributed by atoms with Crippen LogP contribution in [0, 0.1) is 0 Å². The van der Waals surface area contributed by atoms with Gasteiger partial charge in [0.1, 0.15) is 5.75 Å². The number of H-pyrrole nitrogens is 1. The number of amides is 1. The number of ether oxygens (including phenoxy) is 1. The molecule has 0 atom stereocenters. The number of methoxy groups -OCH3 is 1. The van der Waals surface area contributed by atoms with E-state index in [4.69, 9.17) is 4.74 Å². The van der Waals surface area contributed by atoms with E-state index in [1.165, 1.54) is 7.11 Å². The SMILES string of the molecule is CCN(Cc1cc2ccccc2[nH]c1=O)C(=O)c1ccccc1OC. The van der Waals surface area contributed by atoms with Crippen molar-refractivity contribution in [3.63, 3.8) is 0 Å². The zero-order valence-electron chi connectivity index (χ0n) is 14.3. The summed E-state index contributed by atoms with van der Waals surface area (Å²) in [5.74, 6) is 0.367. The van der Waals surface area contributed by atoms with E-state index >= 15 is 0 Å². The lowest BCUT2D eigenvalue weighted by molar-refractivity contribution is 0.0748. The van der Waals surface area contributed by atoms with Gasteiger partial charge in [0.25, 0.3) is 11.5 Å². The predicted molar refractivity (Wildman–Crippen MR) is 98.0 cm³/mol. The normalized spacial score (nSPS) is 10.6. The summed E-state index contributed by atoms with van der Waals surface area (Å²) in [6.07, 6.45) is 0. The van der Waals surface area contributed by atoms with Crippen LogP contribution in [0.15, 0.2) is 59.4 Å². The molecule has 0 saturated carbocycles. The Balaban J connectivity index is 1.93. The molecule has 0 radical (unpaired) electrons. The lowest BCUT2D eigenvalue weighted by atomic mass is 10.1. The first-order valence-electron chi connectivity index (χ1n) is 8.17. The summed E-state index contributed by atoms with van der Waals surface area (Å²) in [4.78, 5) is 29.7. The molecule has 3 rings (SSSR count). The zero-order chi connectivity index (χ0) is 17.8. The Morgan fingerprint density at radius 1 is 1.12 bits per heavy atom. The maximum atomic E-state index is 12.9. The van der Waals surface area contributed by atoms with Gasteiger partial charge in [-0.05, 0) is 36.6 Å². The molecule has 1 N–H and O–H groups in total. The van der Waals surface area contributed by atoms with E-state index in [-0.39, 0.29) is 18.0 Å². The number of aromatic nitrogens is 1. The fraction of sp³-hybridized carbons (Fsp3) is 0.200. The van der Waals surface area contributed by atoms with Crippen LogP contribution in [0.3, 0.4) is 0 Å². The highest BCUT2D eigenvalue weighted by molar-refractivity contribution is 5.97. The van der Waals surface area contributed by atoms with Gasteiger partial charge in [0.05, 0.1) is 19.2 Å². The smallest absolute Gasteiger partial charge is 0.257 e. The summed E-state index contributed by atoms with van der Waals surface area (Å²) in [5, 5.41) is 0.942. The average molecular weight is 336 g/mol. The molecule has 128 valence electrons. The van der Waals surface area contributed by atoms with Gasteiger partial charge in [-0.1, -0.05) is 30.3 Å². The molecule has 1 heterocycles. The van der Waals surface area contributed by atoms with Crippen molar-refractivity contribution < 1.29 is 9.53 Å². The summed E-state index contributed by atoms with van der Waals surface area (Å²) in [7, 11) is 1.54. The number of fused-ring (bicyclic) bond motifs is 1. The van der Waals surface area contributed by atoms with Crippen molar-refractivity contribution in [2.45, 2.75) is 13.5 Å². The third-order valence-electron chi connectivity index (χ3n) is 4.20. The molecule has 0 spiro atoms. The fourth-order valence-electron chi connectivity index (χ4n) is 2.83. The van der Waals surface area contributed by atoms with Gasteiger partial charge in [0.2, 0.25) is 0 Å². The summed E-state index contributed by atoms with van der Waals surface area (Å²) in [5.41, 5.74) is 1.66. The van der Waals surface area contributed by atoms with E-state index in [1.54, 1.807) is 23.1 Å². The van der Waals surface area contributed by atoms with E-state index in [2.05, 4.69) is 4.98 Å². The highest BCUT2D eigenvalue weighted by Crippen LogP contribution is 2.20. The Morgan fingerprint density at radius 2 is 1.84 bits per heavy atom. The van der Waals surface area contributed by atoms with Crippen LogP contribution in [0.1, 0.15) is 22.8 Å². The maximum absolute atomic E-state index is 12.9. The standard InChI is InChI=1S/C20H20N2O3/c1-3-22(20(24)16-9-5-7-11-18(16)25-2)13-15-12-14-8-4-6-10-17(14)21-19(15)23/h4-12H,3,13H2,1-2H3,(H,21,23). The minimum atomic E-state index is -0.176. The Morgan fingerprint density at radius 3 is 2.60 bits per heavy atom. The molecule has 0 aliphatic carbocycles. The van der Waals surface area contributed by atoms with Crippen molar-refractivity contribution >= 4 is 16.8 Å². The second kappa shape index (κ2) is 7.21. The molecular formula is C20H20N2O3. The molecule has 2 aromatic carbocycles. The molecule has 0 saturated heterocycles. The van der Waals surface area contributed by atoms with Crippen LogP contribution >= 0.6 is 0 Å². The Bertz CT molecular complexity index is 962. The van der Waals surface area contributed by atoms with E-state index in [9.17, 15) is 9.59 Å². The number of hydrogen-bond donors (Lipinski definition) is 1. The minimum absolute atomic E-state index is 0.160. The van der Waals surface area contributed by atoms with Gasteiger partial charge >= 0.3 is 0 Å². The van der Waals surface area contributed by atoms with Gasteiger partial charge in [-0.15, -0.1) is 0 Å². The summed E-state index contributed by atoms with van der Waals surface area (Å²) in [6, 6.07) is 16.5. The largest absolute Gasteiger partial charge is 0.496 e. The first-order chi connectivity index (χ1) is 12.1. The maximum Gasteiger partial charge on any atom is 0.257 e. The van der Waals surface area contributed by atoms with Crippen LogP contribution in [0.2, 0.25) is 0 Å². The van der Waals surface area contributed by atoms with Gasteiger partial charge in [-0.2, -0.15) is 0 Å². The van der Waals surface area contributed by atoms with Crippen molar-refractivity contribution in [2.75, 3.05) is 13.7 Å². The topological polar surface area (TPSA) is 62.4 Å². The average Bonchev–Trinajstić information content (AvgIpc) is 2.65. The molecule has 0 aliphatic rings. The monoisotopic (exact) mass is 336 g/mol. The molecule has 0 fully saturated rings. The van der Waals surface area contributed by atoms with Crippen LogP contribution in [0.4, 0.5) is 0 Å². The highest BCUT2D eigenvalue weighted by Gasteiger charge is 2.19. The van der Waals surface area contributed by atoms with Crippen molar-refractivity contribution in [3.05, 3.63) is 76.1 Å². The van der Waals surface area contributed by atoms with Crippen LogP contribution in [0.25, 0.3) is 10.9 Å². The molecule has 5 heteroatoms. The number of hydrogen-bond acceptors (Lipinski definition) is 3. The number of pyridine rings is 1. The molecule has 1 aromatic heterocycles. The molecule has 3 aromatic rings. The van der Waals surface area contributed by atoms with Crippen LogP contribution in [-0.4, -0.2) is 29.4 Å². The Labute approximate surface area is 145 Å². The Kier molecular flexibility index (Phi) is 4.84. The number of rotatable bonds is 5. The third kappa shape index (κ3) is 3.40. The van der Waals surface area contributed by atoms with E-state index in [1.807, 2.05) is 43.3 Å². The molecule has 5 nitrogen and oxygen atoms in total. The van der Waals surface area contributed by atoms with Crippen molar-refractivity contribution in [2.24, 2.45) is 0 Å². The number of carbonyl (C=O) groups is 1. The lowest BCUT2D eigenvalue weighted by Gasteiger charge is -2.22. The van der Waals surface area contributed by atoms with Crippen molar-refractivity contribution in [3.8, 4) is 5.75 Å². The highest BCUT2D eigenvalue weighted by atomic mass is 16.5. The number of benzene rings is 2. The number of nitrogens with zero attached hydrogens (tertiary/aromatic N) is 1. The first-order valence-corrected chi connectivity index (χ1v) is 8.17. The number of nitrogens with one attached hydrogen (secondary N) is 1. The zero-order valence-corrected chi connectivity index (χ0v) is 14.3. The van der Waals surface area contributed by atoms with Crippen molar-refractivity contribution in [1.29, 1.82) is 0 Å². The van der Waals surface area contributed by atoms with E-state index in [0.717, 1.165) is 10.9 Å². The summed E-state index contributed by atoms with van der Waals surface area (Å²) in [6.45, 7) is 2.62. The van der Waals surface area contributed by atoms with Crippen LogP contribution < -0.4 is 10.3 Å². The fourth-order valence-corrected chi connectivity index (χ4v) is 2.83. The molecule has 25 heavy (non-hydrogen) atoms. The second-order valence-corrected chi connectivity index (χ2v) is 5.73. The lowest BCUT2D eigenvalue weighted by Crippen LogP contribution is -2.32. The molecule has 1 amide bonds. The van der Waals surface area contributed by atoms with Gasteiger partial charge in [-0.3, -0.25) is 9.59 Å². The van der Waals surface area contributed by atoms with E-state index < -0.39 is 0 Å². The molecule has 0 unspecified atom stereocenters. The Hall–Kier alpha value is -3.08. The van der Waals surface area contributed by atoms with Crippen LogP contribution in [0.5, 0.6) is 5.75 Å². The van der Waals surface area contributed by atoms with Gasteiger partial charge in [0, 0.05) is 17.6 Å². The van der Waals surface area contributed by atoms with E-state index in [0.29, 0.717) is 23.4 Å². The summed E-state index contributed by atoms with van der Waals surface area (Å²) < 4.78 is 5.28.